The molecule has 1 aromatic heterocycles. The van der Waals surface area contributed by atoms with Crippen molar-refractivity contribution in [2.24, 2.45) is 0 Å². The summed E-state index contributed by atoms with van der Waals surface area (Å²) < 4.78 is 1.54. The lowest BCUT2D eigenvalue weighted by Crippen LogP contribution is -2.06. The first-order valence-corrected chi connectivity index (χ1v) is 4.73. The molecule has 2 aromatic rings. The number of aromatic nitrogens is 3. The molecule has 0 unspecified atom stereocenters. The second-order valence-corrected chi connectivity index (χ2v) is 3.55. The van der Waals surface area contributed by atoms with Crippen LogP contribution in [0.2, 0.25) is 5.02 Å². The van der Waals surface area contributed by atoms with Crippen molar-refractivity contribution in [3.05, 3.63) is 34.9 Å². The Balaban J connectivity index is 2.21. The Morgan fingerprint density at radius 1 is 1.20 bits per heavy atom. The van der Waals surface area contributed by atoms with Crippen molar-refractivity contribution in [2.45, 2.75) is 6.54 Å². The van der Waals surface area contributed by atoms with Crippen molar-refractivity contribution in [2.75, 3.05) is 11.5 Å². The fourth-order valence-electron chi connectivity index (χ4n) is 1.25. The third kappa shape index (κ3) is 2.19. The summed E-state index contributed by atoms with van der Waals surface area (Å²) in [6.45, 7) is 0.535. The van der Waals surface area contributed by atoms with Gasteiger partial charge in [-0.2, -0.15) is 4.98 Å². The zero-order chi connectivity index (χ0) is 10.8. The molecular formula is C9H10ClN5. The summed E-state index contributed by atoms with van der Waals surface area (Å²) in [7, 11) is 0. The Morgan fingerprint density at radius 3 is 2.40 bits per heavy atom. The Morgan fingerprint density at radius 2 is 1.87 bits per heavy atom. The molecule has 0 atom stereocenters. The molecule has 1 aromatic carbocycles. The Bertz CT molecular complexity index is 462. The van der Waals surface area contributed by atoms with Crippen LogP contribution in [0.15, 0.2) is 24.3 Å². The molecule has 0 saturated heterocycles. The number of nitrogen functional groups attached to an aromatic ring is 2. The summed E-state index contributed by atoms with van der Waals surface area (Å²) >= 11 is 5.77. The lowest BCUT2D eigenvalue weighted by Gasteiger charge is -2.02. The minimum atomic E-state index is 0.182. The van der Waals surface area contributed by atoms with E-state index in [-0.39, 0.29) is 5.95 Å². The van der Waals surface area contributed by atoms with Crippen molar-refractivity contribution < 1.29 is 0 Å². The molecule has 0 amide bonds. The molecule has 0 aliphatic heterocycles. The Hall–Kier alpha value is -1.75. The Labute approximate surface area is 91.7 Å². The highest BCUT2D eigenvalue weighted by molar-refractivity contribution is 6.30. The molecule has 1 heterocycles. The van der Waals surface area contributed by atoms with Gasteiger partial charge < -0.3 is 11.5 Å². The van der Waals surface area contributed by atoms with Gasteiger partial charge in [-0.15, -0.1) is 5.10 Å². The highest BCUT2D eigenvalue weighted by Crippen LogP contribution is 2.11. The predicted octanol–water partition coefficient (Wildman–Crippen LogP) is 1.14. The fraction of sp³-hybridized carbons (Fsp3) is 0.111. The van der Waals surface area contributed by atoms with Crippen LogP contribution >= 0.6 is 11.6 Å². The third-order valence-electron chi connectivity index (χ3n) is 1.96. The first-order chi connectivity index (χ1) is 7.15. The summed E-state index contributed by atoms with van der Waals surface area (Å²) in [6.07, 6.45) is 0. The molecule has 15 heavy (non-hydrogen) atoms. The van der Waals surface area contributed by atoms with E-state index in [1.165, 1.54) is 0 Å². The van der Waals surface area contributed by atoms with E-state index in [2.05, 4.69) is 10.1 Å². The maximum absolute atomic E-state index is 5.77. The second kappa shape index (κ2) is 3.78. The first kappa shape index (κ1) is 9.79. The summed E-state index contributed by atoms with van der Waals surface area (Å²) in [5.41, 5.74) is 12.1. The molecular weight excluding hydrogens is 214 g/mol. The molecule has 6 heteroatoms. The largest absolute Gasteiger partial charge is 0.368 e. The van der Waals surface area contributed by atoms with Gasteiger partial charge in [-0.1, -0.05) is 23.7 Å². The van der Waals surface area contributed by atoms with Gasteiger partial charge in [0.2, 0.25) is 11.9 Å². The van der Waals surface area contributed by atoms with Crippen molar-refractivity contribution in [1.82, 2.24) is 14.8 Å². The van der Waals surface area contributed by atoms with Crippen molar-refractivity contribution in [3.63, 3.8) is 0 Å². The van der Waals surface area contributed by atoms with Crippen LogP contribution in [0.25, 0.3) is 0 Å². The van der Waals surface area contributed by atoms with Gasteiger partial charge in [0.25, 0.3) is 0 Å². The molecule has 0 radical (unpaired) electrons. The molecule has 0 aliphatic rings. The molecule has 0 bridgehead atoms. The van der Waals surface area contributed by atoms with Gasteiger partial charge in [0.15, 0.2) is 0 Å². The van der Waals surface area contributed by atoms with Gasteiger partial charge >= 0.3 is 0 Å². The van der Waals surface area contributed by atoms with Gasteiger partial charge in [-0.3, -0.25) is 0 Å². The van der Waals surface area contributed by atoms with E-state index in [0.717, 1.165) is 5.56 Å². The van der Waals surface area contributed by atoms with E-state index in [1.54, 1.807) is 4.68 Å². The van der Waals surface area contributed by atoms with Crippen molar-refractivity contribution in [3.8, 4) is 0 Å². The van der Waals surface area contributed by atoms with Crippen LogP contribution in [0, 0.1) is 0 Å². The quantitative estimate of drug-likeness (QED) is 0.800. The molecule has 0 spiro atoms. The number of benzene rings is 1. The number of nitrogens with two attached hydrogens (primary N) is 2. The second-order valence-electron chi connectivity index (χ2n) is 3.11. The molecule has 4 N–H and O–H groups in total. The SMILES string of the molecule is Nc1nc(N)n(Cc2ccc(Cl)cc2)n1. The van der Waals surface area contributed by atoms with Crippen molar-refractivity contribution >= 4 is 23.5 Å². The maximum atomic E-state index is 5.77. The first-order valence-electron chi connectivity index (χ1n) is 4.35. The van der Waals surface area contributed by atoms with Crippen LogP contribution in [0.1, 0.15) is 5.56 Å². The molecule has 0 fully saturated rings. The topological polar surface area (TPSA) is 82.7 Å². The molecule has 2 rings (SSSR count). The molecule has 0 saturated carbocycles. The number of rotatable bonds is 2. The smallest absolute Gasteiger partial charge is 0.241 e. The van der Waals surface area contributed by atoms with Crippen LogP contribution in [-0.2, 0) is 6.54 Å². The minimum absolute atomic E-state index is 0.182. The predicted molar refractivity (Wildman–Crippen MR) is 59.4 cm³/mol. The number of hydrogen-bond donors (Lipinski definition) is 2. The average Bonchev–Trinajstić information content (AvgIpc) is 2.49. The molecule has 78 valence electrons. The zero-order valence-electron chi connectivity index (χ0n) is 7.89. The van der Waals surface area contributed by atoms with Crippen LogP contribution in [-0.4, -0.2) is 14.8 Å². The molecule has 5 nitrogen and oxygen atoms in total. The van der Waals surface area contributed by atoms with Crippen LogP contribution in [0.5, 0.6) is 0 Å². The van der Waals surface area contributed by atoms with E-state index in [9.17, 15) is 0 Å². The van der Waals surface area contributed by atoms with Crippen molar-refractivity contribution in [1.29, 1.82) is 0 Å². The van der Waals surface area contributed by atoms with E-state index in [0.29, 0.717) is 17.5 Å². The fourth-order valence-corrected chi connectivity index (χ4v) is 1.38. The highest BCUT2D eigenvalue weighted by Gasteiger charge is 2.04. The molecule has 0 aliphatic carbocycles. The normalized spacial score (nSPS) is 10.5. The minimum Gasteiger partial charge on any atom is -0.368 e. The van der Waals surface area contributed by atoms with Gasteiger partial charge in [-0.05, 0) is 17.7 Å². The maximum Gasteiger partial charge on any atom is 0.241 e. The number of anilines is 2. The summed E-state index contributed by atoms with van der Waals surface area (Å²) in [6, 6.07) is 7.43. The van der Waals surface area contributed by atoms with Gasteiger partial charge in [0, 0.05) is 5.02 Å². The Kier molecular flexibility index (Phi) is 2.47. The van der Waals surface area contributed by atoms with E-state index in [4.69, 9.17) is 23.1 Å². The van der Waals surface area contributed by atoms with Gasteiger partial charge in [-0.25, -0.2) is 4.68 Å². The van der Waals surface area contributed by atoms with E-state index < -0.39 is 0 Å². The van der Waals surface area contributed by atoms with Crippen LogP contribution < -0.4 is 11.5 Å². The zero-order valence-corrected chi connectivity index (χ0v) is 8.65. The number of nitrogens with zero attached hydrogens (tertiary/aromatic N) is 3. The summed E-state index contributed by atoms with van der Waals surface area (Å²) in [4.78, 5) is 3.81. The van der Waals surface area contributed by atoms with Crippen LogP contribution in [0.3, 0.4) is 0 Å². The third-order valence-corrected chi connectivity index (χ3v) is 2.21. The van der Waals surface area contributed by atoms with E-state index >= 15 is 0 Å². The number of halogens is 1. The highest BCUT2D eigenvalue weighted by atomic mass is 35.5. The van der Waals surface area contributed by atoms with Gasteiger partial charge in [0.1, 0.15) is 0 Å². The standard InChI is InChI=1S/C9H10ClN5/c10-7-3-1-6(2-4-7)5-15-9(12)13-8(11)14-15/h1-4H,5H2,(H4,11,12,13,14). The monoisotopic (exact) mass is 223 g/mol. The average molecular weight is 224 g/mol. The number of hydrogen-bond acceptors (Lipinski definition) is 4. The summed E-state index contributed by atoms with van der Waals surface area (Å²) in [5.74, 6) is 0.490. The van der Waals surface area contributed by atoms with Gasteiger partial charge in [0.05, 0.1) is 6.54 Å². The van der Waals surface area contributed by atoms with Crippen LogP contribution in [0.4, 0.5) is 11.9 Å². The summed E-state index contributed by atoms with van der Waals surface area (Å²) in [5, 5.41) is 4.65. The van der Waals surface area contributed by atoms with E-state index in [1.807, 2.05) is 24.3 Å². The lowest BCUT2D eigenvalue weighted by atomic mass is 10.2. The lowest BCUT2D eigenvalue weighted by molar-refractivity contribution is 0.699.